The highest BCUT2D eigenvalue weighted by atomic mass is 16.5. The van der Waals surface area contributed by atoms with Crippen LogP contribution in [-0.2, 0) is 11.8 Å². The molecule has 1 spiro atoms. The lowest BCUT2D eigenvalue weighted by atomic mass is 9.65. The van der Waals surface area contributed by atoms with Crippen LogP contribution in [0.15, 0.2) is 211 Å². The summed E-state index contributed by atoms with van der Waals surface area (Å²) in [6.45, 7) is 0. The maximum atomic E-state index is 6.98. The van der Waals surface area contributed by atoms with Crippen molar-refractivity contribution in [2.45, 2.75) is 24.2 Å². The van der Waals surface area contributed by atoms with Crippen molar-refractivity contribution in [1.82, 2.24) is 15.0 Å². The molecule has 0 radical (unpaired) electrons. The van der Waals surface area contributed by atoms with Crippen LogP contribution in [0.5, 0.6) is 11.5 Å². The number of ether oxygens (including phenoxy) is 1. The number of nitrogens with zero attached hydrogens (tertiary/aromatic N) is 3. The molecule has 2 aliphatic carbocycles. The predicted molar refractivity (Wildman–Crippen MR) is 263 cm³/mol. The zero-order valence-corrected chi connectivity index (χ0v) is 35.8. The number of hydrogen-bond donors (Lipinski definition) is 0. The third kappa shape index (κ3) is 5.37. The van der Waals surface area contributed by atoms with Crippen molar-refractivity contribution in [1.29, 1.82) is 0 Å². The first-order valence-electron chi connectivity index (χ1n) is 22.8. The Kier molecular flexibility index (Phi) is 8.02. The Balaban J connectivity index is 0.897. The van der Waals surface area contributed by atoms with Crippen molar-refractivity contribution in [3.05, 3.63) is 245 Å². The Labute approximate surface area is 381 Å². The van der Waals surface area contributed by atoms with E-state index < -0.39 is 5.41 Å². The van der Waals surface area contributed by atoms with Gasteiger partial charge in [-0.15, -0.1) is 0 Å². The molecule has 0 saturated heterocycles. The van der Waals surface area contributed by atoms with E-state index in [9.17, 15) is 0 Å². The van der Waals surface area contributed by atoms with Gasteiger partial charge in [0.1, 0.15) is 22.7 Å². The molecule has 0 saturated carbocycles. The molecule has 0 bridgehead atoms. The van der Waals surface area contributed by atoms with E-state index in [-0.39, 0.29) is 5.92 Å². The fourth-order valence-electron chi connectivity index (χ4n) is 11.4. The van der Waals surface area contributed by atoms with Gasteiger partial charge in [0.15, 0.2) is 17.5 Å². The number of benzene rings is 9. The molecule has 310 valence electrons. The monoisotopic (exact) mass is 845 g/mol. The zero-order valence-electron chi connectivity index (χ0n) is 35.8. The molecule has 1 atom stereocenters. The average molecular weight is 846 g/mol. The maximum Gasteiger partial charge on any atom is 0.167 e. The van der Waals surface area contributed by atoms with Gasteiger partial charge in [-0.2, -0.15) is 0 Å². The van der Waals surface area contributed by atoms with Crippen LogP contribution in [-0.4, -0.2) is 15.0 Å². The van der Waals surface area contributed by atoms with Crippen LogP contribution in [0.1, 0.15) is 51.3 Å². The third-order valence-corrected chi connectivity index (χ3v) is 14.3. The predicted octanol–water partition coefficient (Wildman–Crippen LogP) is 15.0. The average Bonchev–Trinajstić information content (AvgIpc) is 3.85. The van der Waals surface area contributed by atoms with Crippen LogP contribution >= 0.6 is 0 Å². The summed E-state index contributed by atoms with van der Waals surface area (Å²) in [6.07, 6.45) is 1.85. The Morgan fingerprint density at radius 2 is 1.03 bits per heavy atom. The second-order valence-corrected chi connectivity index (χ2v) is 17.7. The molecule has 0 fully saturated rings. The SMILES string of the molecule is c1ccc(-c2nc(-c3ccccc3)nc(-c3cccc4c3oc3ccc(C5CCc6cc7c(cc6-c6ccccc65)Oc5ccccc5C75c6ccccc6-c6ccccc65)cc34)n2)cc1. The van der Waals surface area contributed by atoms with Gasteiger partial charge in [-0.25, -0.2) is 15.0 Å². The van der Waals surface area contributed by atoms with Gasteiger partial charge in [-0.3, -0.25) is 0 Å². The summed E-state index contributed by atoms with van der Waals surface area (Å²) in [7, 11) is 0. The van der Waals surface area contributed by atoms with Gasteiger partial charge in [0, 0.05) is 38.9 Å². The van der Waals surface area contributed by atoms with E-state index in [1.54, 1.807) is 0 Å². The van der Waals surface area contributed by atoms with E-state index in [4.69, 9.17) is 24.1 Å². The summed E-state index contributed by atoms with van der Waals surface area (Å²) < 4.78 is 13.8. The molecule has 1 aliphatic heterocycles. The number of para-hydroxylation sites is 2. The molecule has 3 heterocycles. The minimum absolute atomic E-state index is 0.147. The Morgan fingerprint density at radius 3 is 1.76 bits per heavy atom. The Morgan fingerprint density at radius 1 is 0.424 bits per heavy atom. The smallest absolute Gasteiger partial charge is 0.167 e. The topological polar surface area (TPSA) is 61.0 Å². The minimum atomic E-state index is -0.503. The van der Waals surface area contributed by atoms with E-state index in [1.165, 1.54) is 61.2 Å². The minimum Gasteiger partial charge on any atom is -0.457 e. The molecule has 0 amide bonds. The summed E-state index contributed by atoms with van der Waals surface area (Å²) in [4.78, 5) is 15.1. The van der Waals surface area contributed by atoms with Gasteiger partial charge in [0.25, 0.3) is 0 Å². The first-order valence-corrected chi connectivity index (χ1v) is 22.8. The number of furan rings is 1. The number of hydrogen-bond acceptors (Lipinski definition) is 5. The van der Waals surface area contributed by atoms with Gasteiger partial charge < -0.3 is 9.15 Å². The van der Waals surface area contributed by atoms with E-state index in [1.807, 2.05) is 60.7 Å². The fraction of sp³-hybridized carbons (Fsp3) is 0.0656. The first kappa shape index (κ1) is 37.0. The highest BCUT2D eigenvalue weighted by Gasteiger charge is 2.51. The van der Waals surface area contributed by atoms with Crippen LogP contribution in [0.4, 0.5) is 0 Å². The van der Waals surface area contributed by atoms with E-state index in [2.05, 4.69) is 146 Å². The van der Waals surface area contributed by atoms with E-state index >= 15 is 0 Å². The molecule has 11 aromatic rings. The van der Waals surface area contributed by atoms with Crippen molar-refractivity contribution < 1.29 is 9.15 Å². The van der Waals surface area contributed by atoms with Crippen molar-refractivity contribution in [3.63, 3.8) is 0 Å². The quantitative estimate of drug-likeness (QED) is 0.177. The first-order chi connectivity index (χ1) is 32.7. The van der Waals surface area contributed by atoms with Gasteiger partial charge in [-0.05, 0) is 99.3 Å². The van der Waals surface area contributed by atoms with Crippen molar-refractivity contribution in [2.24, 2.45) is 0 Å². The number of fused-ring (bicyclic) bond motifs is 15. The molecular formula is C61H39N3O2. The molecule has 66 heavy (non-hydrogen) atoms. The molecule has 2 aromatic heterocycles. The van der Waals surface area contributed by atoms with Crippen LogP contribution in [0, 0.1) is 0 Å². The lowest BCUT2D eigenvalue weighted by Crippen LogP contribution is -2.32. The largest absolute Gasteiger partial charge is 0.457 e. The normalized spacial score (nSPS) is 14.9. The standard InChI is InChI=1S/C61H39N3O2/c1-3-16-37(17-4-1)58-62-59(38-18-5-2-6-19-38)64-60(63-58)47-25-15-24-46-49-34-39(31-33-54(49)66-57(46)47)41-32-30-40-35-53-56(36-48(40)43-21-8-7-20-42(41)43)65-55-29-14-13-28-52(55)61(53)50-26-11-9-22-44(50)45-23-10-12-27-51(45)61/h1-29,31,33-36,41H,30,32H2. The van der Waals surface area contributed by atoms with E-state index in [0.29, 0.717) is 17.5 Å². The molecule has 9 aromatic carbocycles. The zero-order chi connectivity index (χ0) is 43.3. The third-order valence-electron chi connectivity index (χ3n) is 14.3. The molecular weight excluding hydrogens is 807 g/mol. The molecule has 5 heteroatoms. The number of aryl methyl sites for hydroxylation is 1. The highest BCUT2D eigenvalue weighted by Crippen LogP contribution is 2.63. The molecule has 14 rings (SSSR count). The van der Waals surface area contributed by atoms with Crippen LogP contribution in [0.25, 0.3) is 78.4 Å². The van der Waals surface area contributed by atoms with Gasteiger partial charge in [0.2, 0.25) is 0 Å². The number of aromatic nitrogens is 3. The fourth-order valence-corrected chi connectivity index (χ4v) is 11.4. The Bertz CT molecular complexity index is 3660. The molecule has 0 N–H and O–H groups in total. The number of rotatable bonds is 4. The van der Waals surface area contributed by atoms with Gasteiger partial charge in [-0.1, -0.05) is 170 Å². The van der Waals surface area contributed by atoms with Crippen LogP contribution < -0.4 is 4.74 Å². The maximum absolute atomic E-state index is 6.98. The van der Waals surface area contributed by atoms with Crippen molar-refractivity contribution in [3.8, 4) is 67.9 Å². The lowest BCUT2D eigenvalue weighted by Gasteiger charge is -2.40. The second-order valence-electron chi connectivity index (χ2n) is 17.7. The van der Waals surface area contributed by atoms with Crippen molar-refractivity contribution >= 4 is 21.9 Å². The van der Waals surface area contributed by atoms with Crippen LogP contribution in [0.3, 0.4) is 0 Å². The Hall–Kier alpha value is -8.41. The summed E-state index contributed by atoms with van der Waals surface area (Å²) in [6, 6.07) is 73.6. The summed E-state index contributed by atoms with van der Waals surface area (Å²) in [5.74, 6) is 3.78. The van der Waals surface area contributed by atoms with Gasteiger partial charge >= 0.3 is 0 Å². The second kappa shape index (κ2) is 14.3. The molecule has 5 nitrogen and oxygen atoms in total. The van der Waals surface area contributed by atoms with E-state index in [0.717, 1.165) is 63.0 Å². The van der Waals surface area contributed by atoms with Crippen LogP contribution in [0.2, 0.25) is 0 Å². The van der Waals surface area contributed by atoms with Gasteiger partial charge in [0.05, 0.1) is 11.0 Å². The molecule has 3 aliphatic rings. The summed E-state index contributed by atoms with van der Waals surface area (Å²) >= 11 is 0. The summed E-state index contributed by atoms with van der Waals surface area (Å²) in [5.41, 5.74) is 17.8. The highest BCUT2D eigenvalue weighted by molar-refractivity contribution is 6.09. The summed E-state index contributed by atoms with van der Waals surface area (Å²) in [5, 5.41) is 2.11. The molecule has 1 unspecified atom stereocenters. The lowest BCUT2D eigenvalue weighted by molar-refractivity contribution is 0.436. The van der Waals surface area contributed by atoms with Crippen molar-refractivity contribution in [2.75, 3.05) is 0 Å².